The van der Waals surface area contributed by atoms with Crippen LogP contribution < -0.4 is 16.0 Å². The summed E-state index contributed by atoms with van der Waals surface area (Å²) in [7, 11) is 0. The molecule has 1 aliphatic carbocycles. The number of hydrogen-bond acceptors (Lipinski definition) is 5. The molecule has 2 fully saturated rings. The van der Waals surface area contributed by atoms with Crippen molar-refractivity contribution in [2.24, 2.45) is 0 Å². The summed E-state index contributed by atoms with van der Waals surface area (Å²) in [5.41, 5.74) is 2.77. The van der Waals surface area contributed by atoms with Crippen LogP contribution in [0.4, 0.5) is 21.7 Å². The molecule has 140 valence electrons. The molecule has 27 heavy (non-hydrogen) atoms. The quantitative estimate of drug-likeness (QED) is 0.643. The maximum absolute atomic E-state index is 13.6. The molecule has 3 aromatic rings. The zero-order valence-electron chi connectivity index (χ0n) is 15.1. The standard InChI is InChI=1S/C20H23FN6/c21-14-3-1-4-15(9-14)25-19-10-18(24-16-5-2-8-22-11-16)26-20-17(13-6-7-13)12-23-27(19)20/h1,3-4,9-10,12-13,16,22,25H,2,5-8,11H2,(H,24,26)/t16-/m0/s1. The van der Waals surface area contributed by atoms with Crippen LogP contribution in [0.15, 0.2) is 36.5 Å². The van der Waals surface area contributed by atoms with Crippen molar-refractivity contribution in [3.05, 3.63) is 47.9 Å². The van der Waals surface area contributed by atoms with Crippen LogP contribution in [-0.2, 0) is 0 Å². The molecule has 1 saturated carbocycles. The van der Waals surface area contributed by atoms with E-state index in [2.05, 4.69) is 21.0 Å². The Morgan fingerprint density at radius 2 is 2.11 bits per heavy atom. The molecule has 2 aliphatic rings. The van der Waals surface area contributed by atoms with Crippen molar-refractivity contribution in [2.45, 2.75) is 37.6 Å². The maximum atomic E-state index is 13.6. The van der Waals surface area contributed by atoms with Crippen LogP contribution in [0.3, 0.4) is 0 Å². The summed E-state index contributed by atoms with van der Waals surface area (Å²) < 4.78 is 15.4. The van der Waals surface area contributed by atoms with E-state index in [4.69, 9.17) is 4.98 Å². The van der Waals surface area contributed by atoms with Crippen LogP contribution in [0.2, 0.25) is 0 Å². The molecule has 0 amide bonds. The van der Waals surface area contributed by atoms with E-state index < -0.39 is 0 Å². The molecule has 0 spiro atoms. The van der Waals surface area contributed by atoms with Crippen molar-refractivity contribution in [1.82, 2.24) is 19.9 Å². The molecule has 1 aromatic carbocycles. The van der Waals surface area contributed by atoms with Crippen LogP contribution >= 0.6 is 0 Å². The lowest BCUT2D eigenvalue weighted by atomic mass is 10.1. The molecule has 0 radical (unpaired) electrons. The number of fused-ring (bicyclic) bond motifs is 1. The Kier molecular flexibility index (Phi) is 4.16. The van der Waals surface area contributed by atoms with Crippen LogP contribution in [0.5, 0.6) is 0 Å². The van der Waals surface area contributed by atoms with E-state index in [-0.39, 0.29) is 5.82 Å². The van der Waals surface area contributed by atoms with Crippen LogP contribution in [0, 0.1) is 5.82 Å². The second kappa shape index (κ2) is 6.81. The first kappa shape index (κ1) is 16.5. The molecule has 3 N–H and O–H groups in total. The van der Waals surface area contributed by atoms with E-state index >= 15 is 0 Å². The van der Waals surface area contributed by atoms with Gasteiger partial charge in [-0.2, -0.15) is 9.61 Å². The molecule has 3 heterocycles. The molecule has 1 atom stereocenters. The van der Waals surface area contributed by atoms with Gasteiger partial charge in [0.25, 0.3) is 0 Å². The Bertz CT molecular complexity index is 958. The highest BCUT2D eigenvalue weighted by Crippen LogP contribution is 2.42. The summed E-state index contributed by atoms with van der Waals surface area (Å²) in [5, 5.41) is 14.8. The Labute approximate surface area is 157 Å². The fourth-order valence-electron chi connectivity index (χ4n) is 3.72. The number of hydrogen-bond donors (Lipinski definition) is 3. The highest BCUT2D eigenvalue weighted by atomic mass is 19.1. The van der Waals surface area contributed by atoms with Gasteiger partial charge in [-0.25, -0.2) is 9.37 Å². The number of nitrogens with one attached hydrogen (secondary N) is 3. The van der Waals surface area contributed by atoms with E-state index in [1.807, 2.05) is 22.8 Å². The minimum Gasteiger partial charge on any atom is -0.366 e. The number of aromatic nitrogens is 3. The first-order valence-corrected chi connectivity index (χ1v) is 9.65. The van der Waals surface area contributed by atoms with Gasteiger partial charge in [0.15, 0.2) is 5.65 Å². The zero-order chi connectivity index (χ0) is 18.2. The van der Waals surface area contributed by atoms with Crippen molar-refractivity contribution in [1.29, 1.82) is 0 Å². The summed E-state index contributed by atoms with van der Waals surface area (Å²) >= 11 is 0. The van der Waals surface area contributed by atoms with Gasteiger partial charge >= 0.3 is 0 Å². The summed E-state index contributed by atoms with van der Waals surface area (Å²) in [6.07, 6.45) is 6.60. The Morgan fingerprint density at radius 1 is 1.19 bits per heavy atom. The molecular formula is C20H23FN6. The topological polar surface area (TPSA) is 66.3 Å². The molecule has 0 unspecified atom stereocenters. The van der Waals surface area contributed by atoms with E-state index in [1.54, 1.807) is 6.07 Å². The fraction of sp³-hybridized carbons (Fsp3) is 0.400. The molecule has 0 bridgehead atoms. The van der Waals surface area contributed by atoms with Gasteiger partial charge in [0.05, 0.1) is 6.20 Å². The van der Waals surface area contributed by atoms with Crippen molar-refractivity contribution in [3.63, 3.8) is 0 Å². The van der Waals surface area contributed by atoms with Gasteiger partial charge in [-0.1, -0.05) is 6.07 Å². The Balaban J connectivity index is 1.53. The van der Waals surface area contributed by atoms with Gasteiger partial charge in [0.2, 0.25) is 0 Å². The third-order valence-corrected chi connectivity index (χ3v) is 5.26. The monoisotopic (exact) mass is 366 g/mol. The van der Waals surface area contributed by atoms with Gasteiger partial charge in [0, 0.05) is 29.9 Å². The van der Waals surface area contributed by atoms with Crippen molar-refractivity contribution in [3.8, 4) is 0 Å². The SMILES string of the molecule is Fc1cccc(Nc2cc(N[C@H]3CCCNC3)nc3c(C4CC4)cnn23)c1. The highest BCUT2D eigenvalue weighted by Gasteiger charge is 2.28. The number of benzene rings is 1. The largest absolute Gasteiger partial charge is 0.366 e. The lowest BCUT2D eigenvalue weighted by Gasteiger charge is -2.24. The van der Waals surface area contributed by atoms with Crippen molar-refractivity contribution >= 4 is 23.0 Å². The summed E-state index contributed by atoms with van der Waals surface area (Å²) in [6, 6.07) is 8.78. The lowest BCUT2D eigenvalue weighted by molar-refractivity contribution is 0.479. The second-order valence-electron chi connectivity index (χ2n) is 7.46. The first-order chi connectivity index (χ1) is 13.3. The zero-order valence-corrected chi connectivity index (χ0v) is 15.1. The number of halogens is 1. The molecule has 5 rings (SSSR count). The first-order valence-electron chi connectivity index (χ1n) is 9.65. The normalized spacial score (nSPS) is 20.0. The minimum absolute atomic E-state index is 0.268. The number of nitrogens with zero attached hydrogens (tertiary/aromatic N) is 3. The Hall–Kier alpha value is -2.67. The summed E-state index contributed by atoms with van der Waals surface area (Å²) in [6.45, 7) is 2.01. The van der Waals surface area contributed by atoms with E-state index in [9.17, 15) is 4.39 Å². The lowest BCUT2D eigenvalue weighted by Crippen LogP contribution is -2.38. The molecule has 7 heteroatoms. The predicted octanol–water partition coefficient (Wildman–Crippen LogP) is 3.65. The smallest absolute Gasteiger partial charge is 0.163 e. The fourth-order valence-corrected chi connectivity index (χ4v) is 3.72. The third-order valence-electron chi connectivity index (χ3n) is 5.26. The molecule has 2 aromatic heterocycles. The van der Waals surface area contributed by atoms with Crippen molar-refractivity contribution in [2.75, 3.05) is 23.7 Å². The third kappa shape index (κ3) is 3.47. The van der Waals surface area contributed by atoms with E-state index in [0.717, 1.165) is 43.2 Å². The predicted molar refractivity (Wildman–Crippen MR) is 104 cm³/mol. The van der Waals surface area contributed by atoms with Gasteiger partial charge in [0.1, 0.15) is 17.5 Å². The van der Waals surface area contributed by atoms with Gasteiger partial charge in [-0.15, -0.1) is 0 Å². The summed E-state index contributed by atoms with van der Waals surface area (Å²) in [4.78, 5) is 4.86. The maximum Gasteiger partial charge on any atom is 0.163 e. The molecular weight excluding hydrogens is 343 g/mol. The number of rotatable bonds is 5. The van der Waals surface area contributed by atoms with Gasteiger partial charge in [-0.05, 0) is 56.3 Å². The van der Waals surface area contributed by atoms with Crippen LogP contribution in [-0.4, -0.2) is 33.7 Å². The Morgan fingerprint density at radius 3 is 2.89 bits per heavy atom. The minimum atomic E-state index is -0.268. The van der Waals surface area contributed by atoms with Gasteiger partial charge in [-0.3, -0.25) is 0 Å². The summed E-state index contributed by atoms with van der Waals surface area (Å²) in [5.74, 6) is 1.90. The average molecular weight is 366 g/mol. The number of anilines is 3. The van der Waals surface area contributed by atoms with Crippen LogP contribution in [0.25, 0.3) is 5.65 Å². The molecule has 1 aliphatic heterocycles. The van der Waals surface area contributed by atoms with E-state index in [0.29, 0.717) is 17.6 Å². The molecule has 6 nitrogen and oxygen atoms in total. The van der Waals surface area contributed by atoms with E-state index in [1.165, 1.54) is 30.5 Å². The highest BCUT2D eigenvalue weighted by molar-refractivity contribution is 5.66. The molecule has 1 saturated heterocycles. The second-order valence-corrected chi connectivity index (χ2v) is 7.46. The van der Waals surface area contributed by atoms with Crippen LogP contribution in [0.1, 0.15) is 37.2 Å². The van der Waals surface area contributed by atoms with Crippen molar-refractivity contribution < 1.29 is 4.39 Å². The van der Waals surface area contributed by atoms with Gasteiger partial charge < -0.3 is 16.0 Å². The number of piperidine rings is 1. The average Bonchev–Trinajstić information content (AvgIpc) is 3.42.